The molecule has 0 bridgehead atoms. The highest BCUT2D eigenvalue weighted by Gasteiger charge is 2.20. The quantitative estimate of drug-likeness (QED) is 0.824. The second kappa shape index (κ2) is 8.70. The smallest absolute Gasteiger partial charge is 0.253 e. The molecule has 23 heavy (non-hydrogen) atoms. The normalized spacial score (nSPS) is 15.5. The third-order valence-electron chi connectivity index (χ3n) is 4.56. The Morgan fingerprint density at radius 2 is 1.78 bits per heavy atom. The zero-order valence-corrected chi connectivity index (χ0v) is 14.3. The van der Waals surface area contributed by atoms with Gasteiger partial charge in [-0.05, 0) is 49.9 Å². The van der Waals surface area contributed by atoms with E-state index in [1.165, 1.54) is 0 Å². The molecule has 1 N–H and O–H groups in total. The minimum absolute atomic E-state index is 0.0702. The van der Waals surface area contributed by atoms with Crippen molar-refractivity contribution in [3.05, 3.63) is 29.8 Å². The Hall–Kier alpha value is -1.84. The van der Waals surface area contributed by atoms with E-state index < -0.39 is 0 Å². The molecular weight excluding hydrogens is 288 g/mol. The van der Waals surface area contributed by atoms with Crippen molar-refractivity contribution in [1.29, 1.82) is 0 Å². The first-order chi connectivity index (χ1) is 11.2. The number of likely N-dealkylation sites (tertiary alicyclic amines) is 1. The van der Waals surface area contributed by atoms with Crippen molar-refractivity contribution >= 4 is 17.5 Å². The number of benzene rings is 1. The number of nitrogens with zero attached hydrogens (tertiary/aromatic N) is 1. The standard InChI is InChI=1S/C19H28N2O2/c1-3-5-8-15(4-2)18(22)20-17-11-9-16(10-12-17)19(23)21-13-6-7-14-21/h9-12,15H,3-8,13-14H2,1-2H3,(H,20,22). The fourth-order valence-corrected chi connectivity index (χ4v) is 3.01. The van der Waals surface area contributed by atoms with E-state index in [1.807, 2.05) is 29.2 Å². The van der Waals surface area contributed by atoms with Crippen LogP contribution in [0.2, 0.25) is 0 Å². The van der Waals surface area contributed by atoms with E-state index in [1.54, 1.807) is 0 Å². The molecule has 2 amide bonds. The largest absolute Gasteiger partial charge is 0.339 e. The minimum Gasteiger partial charge on any atom is -0.339 e. The molecule has 4 heteroatoms. The van der Waals surface area contributed by atoms with Crippen LogP contribution in [0.25, 0.3) is 0 Å². The molecule has 0 aromatic heterocycles. The highest BCUT2D eigenvalue weighted by atomic mass is 16.2. The predicted octanol–water partition coefficient (Wildman–Crippen LogP) is 4.08. The van der Waals surface area contributed by atoms with E-state index in [4.69, 9.17) is 0 Å². The summed E-state index contributed by atoms with van der Waals surface area (Å²) in [6.45, 7) is 5.90. The maximum atomic E-state index is 12.3. The summed E-state index contributed by atoms with van der Waals surface area (Å²) in [7, 11) is 0. The highest BCUT2D eigenvalue weighted by Crippen LogP contribution is 2.18. The topological polar surface area (TPSA) is 49.4 Å². The summed E-state index contributed by atoms with van der Waals surface area (Å²) in [5, 5.41) is 2.97. The van der Waals surface area contributed by atoms with Crippen molar-refractivity contribution in [2.75, 3.05) is 18.4 Å². The summed E-state index contributed by atoms with van der Waals surface area (Å²) in [5.41, 5.74) is 1.46. The van der Waals surface area contributed by atoms with Crippen LogP contribution < -0.4 is 5.32 Å². The molecule has 1 aliphatic rings. The number of unbranched alkanes of at least 4 members (excludes halogenated alkanes) is 1. The number of carbonyl (C=O) groups excluding carboxylic acids is 2. The van der Waals surface area contributed by atoms with Gasteiger partial charge in [0.2, 0.25) is 5.91 Å². The van der Waals surface area contributed by atoms with Crippen molar-refractivity contribution in [1.82, 2.24) is 4.90 Å². The zero-order chi connectivity index (χ0) is 16.7. The average molecular weight is 316 g/mol. The molecule has 4 nitrogen and oxygen atoms in total. The molecule has 0 radical (unpaired) electrons. The van der Waals surface area contributed by atoms with Crippen LogP contribution in [0.3, 0.4) is 0 Å². The predicted molar refractivity (Wildman–Crippen MR) is 93.5 cm³/mol. The molecule has 0 saturated carbocycles. The molecular formula is C19H28N2O2. The molecule has 126 valence electrons. The van der Waals surface area contributed by atoms with Crippen LogP contribution in [0.5, 0.6) is 0 Å². The SMILES string of the molecule is CCCCC(CC)C(=O)Nc1ccc(C(=O)N2CCCC2)cc1. The Labute approximate surface area is 139 Å². The van der Waals surface area contributed by atoms with Crippen LogP contribution in [0.15, 0.2) is 24.3 Å². The molecule has 1 aromatic carbocycles. The molecule has 1 heterocycles. The van der Waals surface area contributed by atoms with Crippen LogP contribution in [-0.2, 0) is 4.79 Å². The summed E-state index contributed by atoms with van der Waals surface area (Å²) in [6, 6.07) is 7.27. The molecule has 2 rings (SSSR count). The Bertz CT molecular complexity index is 519. The maximum absolute atomic E-state index is 12.3. The van der Waals surface area contributed by atoms with Crippen molar-refractivity contribution in [3.63, 3.8) is 0 Å². The first kappa shape index (κ1) is 17.5. The van der Waals surface area contributed by atoms with Crippen LogP contribution in [0, 0.1) is 5.92 Å². The van der Waals surface area contributed by atoms with Gasteiger partial charge in [-0.2, -0.15) is 0 Å². The molecule has 0 spiro atoms. The van der Waals surface area contributed by atoms with E-state index in [2.05, 4.69) is 19.2 Å². The minimum atomic E-state index is 0.0702. The monoisotopic (exact) mass is 316 g/mol. The number of hydrogen-bond acceptors (Lipinski definition) is 2. The summed E-state index contributed by atoms with van der Waals surface area (Å²) in [4.78, 5) is 26.5. The van der Waals surface area contributed by atoms with Gasteiger partial charge in [0.25, 0.3) is 5.91 Å². The van der Waals surface area contributed by atoms with Crippen molar-refractivity contribution < 1.29 is 9.59 Å². The van der Waals surface area contributed by atoms with Gasteiger partial charge in [-0.15, -0.1) is 0 Å². The van der Waals surface area contributed by atoms with Gasteiger partial charge >= 0.3 is 0 Å². The van der Waals surface area contributed by atoms with Gasteiger partial charge in [-0.25, -0.2) is 0 Å². The summed E-state index contributed by atoms with van der Waals surface area (Å²) < 4.78 is 0. The third kappa shape index (κ3) is 4.81. The second-order valence-corrected chi connectivity index (χ2v) is 6.31. The van der Waals surface area contributed by atoms with Crippen molar-refractivity contribution in [2.45, 2.75) is 52.4 Å². The van der Waals surface area contributed by atoms with Crippen molar-refractivity contribution in [2.24, 2.45) is 5.92 Å². The Morgan fingerprint density at radius 1 is 1.13 bits per heavy atom. The van der Waals surface area contributed by atoms with Crippen LogP contribution in [-0.4, -0.2) is 29.8 Å². The van der Waals surface area contributed by atoms with Gasteiger partial charge in [0.15, 0.2) is 0 Å². The Balaban J connectivity index is 1.93. The molecule has 1 saturated heterocycles. The number of carbonyl (C=O) groups is 2. The summed E-state index contributed by atoms with van der Waals surface area (Å²) in [5.74, 6) is 0.246. The number of amides is 2. The van der Waals surface area contributed by atoms with Crippen molar-refractivity contribution in [3.8, 4) is 0 Å². The molecule has 1 aliphatic heterocycles. The van der Waals surface area contributed by atoms with Gasteiger partial charge in [0.05, 0.1) is 0 Å². The van der Waals surface area contributed by atoms with E-state index in [9.17, 15) is 9.59 Å². The number of anilines is 1. The third-order valence-corrected chi connectivity index (χ3v) is 4.56. The molecule has 1 unspecified atom stereocenters. The fraction of sp³-hybridized carbons (Fsp3) is 0.579. The lowest BCUT2D eigenvalue weighted by atomic mass is 9.98. The van der Waals surface area contributed by atoms with E-state index in [0.717, 1.165) is 57.3 Å². The van der Waals surface area contributed by atoms with Gasteiger partial charge in [0.1, 0.15) is 0 Å². The second-order valence-electron chi connectivity index (χ2n) is 6.31. The lowest BCUT2D eigenvalue weighted by Crippen LogP contribution is -2.27. The van der Waals surface area contributed by atoms with Gasteiger partial charge in [-0.3, -0.25) is 9.59 Å². The fourth-order valence-electron chi connectivity index (χ4n) is 3.01. The first-order valence-corrected chi connectivity index (χ1v) is 8.86. The molecule has 1 atom stereocenters. The number of nitrogens with one attached hydrogen (secondary N) is 1. The summed E-state index contributed by atoms with van der Waals surface area (Å²) in [6.07, 6.45) is 6.17. The summed E-state index contributed by atoms with van der Waals surface area (Å²) >= 11 is 0. The molecule has 0 aliphatic carbocycles. The maximum Gasteiger partial charge on any atom is 0.253 e. The van der Waals surface area contributed by atoms with E-state index in [-0.39, 0.29) is 17.7 Å². The van der Waals surface area contributed by atoms with E-state index in [0.29, 0.717) is 5.56 Å². The Morgan fingerprint density at radius 3 is 2.35 bits per heavy atom. The van der Waals surface area contributed by atoms with E-state index >= 15 is 0 Å². The number of rotatable bonds is 7. The van der Waals surface area contributed by atoms with Crippen LogP contribution >= 0.6 is 0 Å². The highest BCUT2D eigenvalue weighted by molar-refractivity contribution is 5.96. The lowest BCUT2D eigenvalue weighted by molar-refractivity contribution is -0.120. The first-order valence-electron chi connectivity index (χ1n) is 8.86. The van der Waals surface area contributed by atoms with Crippen LogP contribution in [0.4, 0.5) is 5.69 Å². The Kier molecular flexibility index (Phi) is 6.63. The van der Waals surface area contributed by atoms with Gasteiger partial charge in [0, 0.05) is 30.3 Å². The number of hydrogen-bond donors (Lipinski definition) is 1. The lowest BCUT2D eigenvalue weighted by Gasteiger charge is -2.16. The average Bonchev–Trinajstić information content (AvgIpc) is 3.10. The molecule has 1 fully saturated rings. The van der Waals surface area contributed by atoms with Gasteiger partial charge in [-0.1, -0.05) is 26.7 Å². The van der Waals surface area contributed by atoms with Crippen LogP contribution in [0.1, 0.15) is 62.7 Å². The van der Waals surface area contributed by atoms with Gasteiger partial charge < -0.3 is 10.2 Å². The molecule has 1 aromatic rings. The zero-order valence-electron chi connectivity index (χ0n) is 14.3.